The maximum absolute atomic E-state index is 13.6. The van der Waals surface area contributed by atoms with E-state index in [9.17, 15) is 22.4 Å². The maximum Gasteiger partial charge on any atom is 0.436 e. The normalized spacial score (nSPS) is 18.0. The molecule has 1 unspecified atom stereocenters. The van der Waals surface area contributed by atoms with Crippen LogP contribution in [0.25, 0.3) is 0 Å². The molecule has 0 bridgehead atoms. The minimum atomic E-state index is -4.73. The van der Waals surface area contributed by atoms with E-state index in [1.165, 1.54) is 30.2 Å². The fourth-order valence-corrected chi connectivity index (χ4v) is 3.94. The number of nitrogens with zero attached hydrogens (tertiary/aromatic N) is 3. The second-order valence-corrected chi connectivity index (χ2v) is 7.78. The number of nitrogens with one attached hydrogen (secondary N) is 1. The predicted molar refractivity (Wildman–Crippen MR) is 112 cm³/mol. The zero-order valence-corrected chi connectivity index (χ0v) is 18.3. The average molecular weight is 473 g/mol. The highest BCUT2D eigenvalue weighted by Crippen LogP contribution is 2.38. The lowest BCUT2D eigenvalue weighted by Gasteiger charge is -2.19. The van der Waals surface area contributed by atoms with Crippen molar-refractivity contribution in [3.05, 3.63) is 58.4 Å². The van der Waals surface area contributed by atoms with Gasteiger partial charge in [0.15, 0.2) is 5.69 Å². The van der Waals surface area contributed by atoms with E-state index in [0.29, 0.717) is 29.9 Å². The van der Waals surface area contributed by atoms with Crippen molar-refractivity contribution in [2.75, 3.05) is 6.54 Å². The quantitative estimate of drug-likeness (QED) is 0.500. The third-order valence-electron chi connectivity index (χ3n) is 5.20. The largest absolute Gasteiger partial charge is 0.436 e. The van der Waals surface area contributed by atoms with Crippen LogP contribution >= 0.6 is 11.6 Å². The first-order chi connectivity index (χ1) is 15.1. The third-order valence-corrected chi connectivity index (χ3v) is 5.65. The van der Waals surface area contributed by atoms with Crippen LogP contribution in [0.5, 0.6) is 0 Å². The highest BCUT2D eigenvalue weighted by molar-refractivity contribution is 6.32. The van der Waals surface area contributed by atoms with Crippen LogP contribution in [0, 0.1) is 12.7 Å². The molecule has 6 nitrogen and oxygen atoms in total. The van der Waals surface area contributed by atoms with Gasteiger partial charge in [-0.15, -0.1) is 0 Å². The van der Waals surface area contributed by atoms with Gasteiger partial charge in [0.1, 0.15) is 17.6 Å². The van der Waals surface area contributed by atoms with E-state index in [1.807, 2.05) is 6.92 Å². The van der Waals surface area contributed by atoms with Gasteiger partial charge in [-0.1, -0.05) is 24.6 Å². The van der Waals surface area contributed by atoms with Crippen LogP contribution in [0.15, 0.2) is 36.2 Å². The van der Waals surface area contributed by atoms with Crippen molar-refractivity contribution in [3.8, 4) is 0 Å². The van der Waals surface area contributed by atoms with Crippen LogP contribution in [-0.2, 0) is 11.0 Å². The molecule has 1 aliphatic heterocycles. The lowest BCUT2D eigenvalue weighted by molar-refractivity contribution is -0.355. The Labute approximate surface area is 187 Å². The lowest BCUT2D eigenvalue weighted by atomic mass is 10.1. The number of alkyl halides is 3. The van der Waals surface area contributed by atoms with E-state index in [-0.39, 0.29) is 18.7 Å². The summed E-state index contributed by atoms with van der Waals surface area (Å²) >= 11 is 5.84. The number of amides is 1. The number of rotatable bonds is 6. The van der Waals surface area contributed by atoms with Gasteiger partial charge in [-0.3, -0.25) is 9.48 Å². The van der Waals surface area contributed by atoms with Crippen molar-refractivity contribution in [3.63, 3.8) is 0 Å². The number of carbonyl (C=O) groups is 1. The Balaban J connectivity index is 1.94. The second kappa shape index (κ2) is 9.32. The van der Waals surface area contributed by atoms with Crippen LogP contribution in [-0.4, -0.2) is 32.8 Å². The Bertz CT molecular complexity index is 1080. The molecule has 32 heavy (non-hydrogen) atoms. The number of halogens is 5. The van der Waals surface area contributed by atoms with E-state index >= 15 is 0 Å². The summed E-state index contributed by atoms with van der Waals surface area (Å²) in [4.78, 5) is 17.7. The van der Waals surface area contributed by atoms with Crippen LogP contribution in [0.4, 0.5) is 23.2 Å². The fraction of sp³-hybridized carbons (Fsp3) is 0.381. The molecule has 1 aromatic carbocycles. The van der Waals surface area contributed by atoms with E-state index in [4.69, 9.17) is 17.3 Å². The molecule has 1 aromatic heterocycles. The monoisotopic (exact) mass is 472 g/mol. The molecule has 0 spiro atoms. The van der Waals surface area contributed by atoms with E-state index in [1.54, 1.807) is 12.1 Å². The number of allylic oxidation sites excluding steroid dienone is 1. The van der Waals surface area contributed by atoms with Gasteiger partial charge in [0.05, 0.1) is 10.7 Å². The average Bonchev–Trinajstić information content (AvgIpc) is 3.23. The molecule has 3 rings (SSSR count). The number of hydrogen-bond acceptors (Lipinski definition) is 3. The molecule has 1 amide bonds. The van der Waals surface area contributed by atoms with Gasteiger partial charge in [0.25, 0.3) is 5.91 Å². The first kappa shape index (κ1) is 23.8. The van der Waals surface area contributed by atoms with Gasteiger partial charge in [0.2, 0.25) is 11.4 Å². The summed E-state index contributed by atoms with van der Waals surface area (Å²) in [6.45, 7) is 3.55. The van der Waals surface area contributed by atoms with Crippen LogP contribution in [0.1, 0.15) is 43.6 Å². The van der Waals surface area contributed by atoms with Crippen molar-refractivity contribution >= 4 is 28.9 Å². The number of carbonyl (C=O) groups excluding carboxylic acids is 1. The Hall–Kier alpha value is -2.88. The lowest BCUT2D eigenvalue weighted by Crippen LogP contribution is -2.68. The fourth-order valence-electron chi connectivity index (χ4n) is 3.71. The molecule has 0 aliphatic carbocycles. The Morgan fingerprint density at radius 1 is 1.41 bits per heavy atom. The zero-order chi connectivity index (χ0) is 23.6. The van der Waals surface area contributed by atoms with Gasteiger partial charge in [-0.05, 0) is 25.8 Å². The summed E-state index contributed by atoms with van der Waals surface area (Å²) in [5.74, 6) is -0.875. The summed E-state index contributed by atoms with van der Waals surface area (Å²) < 4.78 is 54.2. The number of benzene rings is 1. The first-order valence-electron chi connectivity index (χ1n) is 10.0. The molecule has 0 saturated carbocycles. The Morgan fingerprint density at radius 3 is 2.69 bits per heavy atom. The molecular formula is C21H23ClF4N5O+. The summed E-state index contributed by atoms with van der Waals surface area (Å²) in [5, 5.41) is 3.06. The standard InChI is InChI=1S/C21H22ClF4N5O/c1-3-5-15(28-14-7-4-6-13(23)10-14)17(11-27)30-9-8-16(20(30)32)31-12(2)18(22)19(29-31)21(24,25)26/h4,6-7,10-11,16H,3,5,8-9,27H2,1-2H3/p+1. The number of nitrogens with two attached hydrogens (primary N) is 1. The number of aromatic nitrogens is 2. The molecule has 1 fully saturated rings. The minimum absolute atomic E-state index is 0.0631. The molecule has 1 atom stereocenters. The number of likely N-dealkylation sites (tertiary alicyclic amines) is 1. The SMILES string of the molecule is CCCC(=[NH+]c1cccc(F)c1)C(=CN)N1CCC(n2nc(C(F)(F)F)c(Cl)c2C)C1=O. The van der Waals surface area contributed by atoms with E-state index < -0.39 is 34.7 Å². The summed E-state index contributed by atoms with van der Waals surface area (Å²) in [7, 11) is 0. The van der Waals surface area contributed by atoms with E-state index in [2.05, 4.69) is 10.1 Å². The van der Waals surface area contributed by atoms with Crippen LogP contribution in [0.3, 0.4) is 0 Å². The van der Waals surface area contributed by atoms with Crippen LogP contribution < -0.4 is 10.7 Å². The van der Waals surface area contributed by atoms with Crippen molar-refractivity contribution in [1.82, 2.24) is 14.7 Å². The smallest absolute Gasteiger partial charge is 0.403 e. The molecule has 3 N–H and O–H groups in total. The van der Waals surface area contributed by atoms with Gasteiger partial charge in [-0.25, -0.2) is 9.38 Å². The number of hydrogen-bond donors (Lipinski definition) is 2. The molecule has 2 aromatic rings. The molecular weight excluding hydrogens is 450 g/mol. The van der Waals surface area contributed by atoms with Crippen molar-refractivity contribution in [2.45, 2.75) is 45.3 Å². The molecule has 172 valence electrons. The van der Waals surface area contributed by atoms with Crippen molar-refractivity contribution < 1.29 is 27.3 Å². The van der Waals surface area contributed by atoms with Crippen LogP contribution in [0.2, 0.25) is 5.02 Å². The third kappa shape index (κ3) is 4.64. The van der Waals surface area contributed by atoms with Gasteiger partial charge in [-0.2, -0.15) is 18.3 Å². The molecule has 0 radical (unpaired) electrons. The molecule has 2 heterocycles. The van der Waals surface area contributed by atoms with Crippen molar-refractivity contribution in [1.29, 1.82) is 0 Å². The molecule has 1 aliphatic rings. The second-order valence-electron chi connectivity index (χ2n) is 7.40. The summed E-state index contributed by atoms with van der Waals surface area (Å²) in [5.41, 5.74) is 6.16. The maximum atomic E-state index is 13.6. The topological polar surface area (TPSA) is 78.1 Å². The molecule has 1 saturated heterocycles. The minimum Gasteiger partial charge on any atom is -0.403 e. The van der Waals surface area contributed by atoms with Gasteiger partial charge < -0.3 is 10.6 Å². The summed E-state index contributed by atoms with van der Waals surface area (Å²) in [6.07, 6.45) is -2.01. The van der Waals surface area contributed by atoms with Gasteiger partial charge >= 0.3 is 6.18 Å². The van der Waals surface area contributed by atoms with Gasteiger partial charge in [0, 0.05) is 31.3 Å². The Morgan fingerprint density at radius 2 is 2.12 bits per heavy atom. The van der Waals surface area contributed by atoms with E-state index in [0.717, 1.165) is 4.68 Å². The first-order valence-corrected chi connectivity index (χ1v) is 10.4. The zero-order valence-electron chi connectivity index (χ0n) is 17.5. The Kier molecular flexibility index (Phi) is 6.92. The predicted octanol–water partition coefficient (Wildman–Crippen LogP) is 3.23. The highest BCUT2D eigenvalue weighted by Gasteiger charge is 2.43. The summed E-state index contributed by atoms with van der Waals surface area (Å²) in [6, 6.07) is 4.90. The van der Waals surface area contributed by atoms with Crippen molar-refractivity contribution in [2.24, 2.45) is 5.73 Å². The highest BCUT2D eigenvalue weighted by atomic mass is 35.5. The molecule has 11 heteroatoms.